The maximum absolute atomic E-state index is 12.3. The van der Waals surface area contributed by atoms with Crippen LogP contribution >= 0.6 is 11.3 Å². The maximum Gasteiger partial charge on any atom is 0.244 e. The lowest BCUT2D eigenvalue weighted by atomic mass is 10.0. The van der Waals surface area contributed by atoms with Crippen LogP contribution in [-0.2, 0) is 4.79 Å². The minimum absolute atomic E-state index is 0.0317. The number of rotatable bonds is 6. The molecule has 0 radical (unpaired) electrons. The smallest absolute Gasteiger partial charge is 0.244 e. The molecule has 25 heavy (non-hydrogen) atoms. The van der Waals surface area contributed by atoms with E-state index in [4.69, 9.17) is 0 Å². The Morgan fingerprint density at radius 3 is 2.68 bits per heavy atom. The van der Waals surface area contributed by atoms with E-state index in [1.165, 1.54) is 4.88 Å². The van der Waals surface area contributed by atoms with E-state index < -0.39 is 0 Å². The summed E-state index contributed by atoms with van der Waals surface area (Å²) in [5.74, 6) is 0.233. The summed E-state index contributed by atoms with van der Waals surface area (Å²) in [5.41, 5.74) is 1.88. The van der Waals surface area contributed by atoms with E-state index in [1.54, 1.807) is 34.4 Å². The van der Waals surface area contributed by atoms with Gasteiger partial charge in [-0.2, -0.15) is 5.10 Å². The number of amides is 1. The van der Waals surface area contributed by atoms with E-state index >= 15 is 0 Å². The van der Waals surface area contributed by atoms with Crippen LogP contribution in [0.3, 0.4) is 0 Å². The van der Waals surface area contributed by atoms with Crippen LogP contribution in [0, 0.1) is 5.92 Å². The van der Waals surface area contributed by atoms with Crippen molar-refractivity contribution in [3.63, 3.8) is 0 Å². The molecule has 1 aromatic carbocycles. The van der Waals surface area contributed by atoms with Gasteiger partial charge in [0.25, 0.3) is 0 Å². The molecule has 128 valence electrons. The molecule has 0 unspecified atom stereocenters. The van der Waals surface area contributed by atoms with Gasteiger partial charge in [-0.15, -0.1) is 11.3 Å². The van der Waals surface area contributed by atoms with Crippen LogP contribution in [0.4, 0.5) is 0 Å². The maximum atomic E-state index is 12.3. The minimum atomic E-state index is -0.0976. The van der Waals surface area contributed by atoms with Crippen molar-refractivity contribution in [2.24, 2.45) is 5.92 Å². The molecule has 0 fully saturated rings. The third-order valence-corrected chi connectivity index (χ3v) is 4.82. The molecule has 2 aromatic heterocycles. The van der Waals surface area contributed by atoms with Gasteiger partial charge in [-0.3, -0.25) is 4.79 Å². The number of benzene rings is 1. The molecule has 1 atom stereocenters. The lowest BCUT2D eigenvalue weighted by Crippen LogP contribution is -2.29. The van der Waals surface area contributed by atoms with Crippen LogP contribution in [0.5, 0.6) is 0 Å². The Hall–Kier alpha value is -2.66. The number of para-hydroxylation sites is 1. The largest absolute Gasteiger partial charge is 0.345 e. The average Bonchev–Trinajstić information content (AvgIpc) is 3.30. The summed E-state index contributed by atoms with van der Waals surface area (Å²) in [6, 6.07) is 14.0. The van der Waals surface area contributed by atoms with Crippen molar-refractivity contribution < 1.29 is 4.79 Å². The average molecular weight is 351 g/mol. The monoisotopic (exact) mass is 351 g/mol. The van der Waals surface area contributed by atoms with E-state index in [2.05, 4.69) is 30.3 Å². The molecule has 0 saturated carbocycles. The summed E-state index contributed by atoms with van der Waals surface area (Å²) < 4.78 is 1.79. The topological polar surface area (TPSA) is 46.9 Å². The standard InChI is InChI=1S/C20H21N3OS/c1-15(2)20(18-9-6-12-25-18)22-19(24)11-10-16-13-21-23(14-16)17-7-4-3-5-8-17/h3-15,20H,1-2H3,(H,22,24)/b11-10+/t20-/m0/s1. The van der Waals surface area contributed by atoms with Crippen LogP contribution in [0.15, 0.2) is 66.3 Å². The molecule has 0 bridgehead atoms. The molecule has 0 aliphatic carbocycles. The van der Waals surface area contributed by atoms with E-state index in [0.717, 1.165) is 11.3 Å². The van der Waals surface area contributed by atoms with Crippen molar-refractivity contribution >= 4 is 23.3 Å². The second-order valence-corrected chi connectivity index (χ2v) is 7.11. The second kappa shape index (κ2) is 7.94. The third kappa shape index (κ3) is 4.45. The Morgan fingerprint density at radius 1 is 1.20 bits per heavy atom. The molecule has 0 aliphatic rings. The van der Waals surface area contributed by atoms with E-state index in [-0.39, 0.29) is 11.9 Å². The number of nitrogens with zero attached hydrogens (tertiary/aromatic N) is 2. The molecule has 0 saturated heterocycles. The van der Waals surface area contributed by atoms with E-state index in [9.17, 15) is 4.79 Å². The van der Waals surface area contributed by atoms with Crippen molar-refractivity contribution in [1.29, 1.82) is 0 Å². The summed E-state index contributed by atoms with van der Waals surface area (Å²) >= 11 is 1.66. The van der Waals surface area contributed by atoms with Gasteiger partial charge < -0.3 is 5.32 Å². The number of hydrogen-bond acceptors (Lipinski definition) is 3. The van der Waals surface area contributed by atoms with Crippen molar-refractivity contribution in [2.45, 2.75) is 19.9 Å². The van der Waals surface area contributed by atoms with Gasteiger partial charge in [0.05, 0.1) is 17.9 Å². The van der Waals surface area contributed by atoms with Crippen LogP contribution < -0.4 is 5.32 Å². The van der Waals surface area contributed by atoms with Crippen molar-refractivity contribution in [1.82, 2.24) is 15.1 Å². The molecule has 0 aliphatic heterocycles. The summed E-state index contributed by atoms with van der Waals surface area (Å²) in [5, 5.41) is 9.45. The first-order chi connectivity index (χ1) is 12.1. The number of hydrogen-bond donors (Lipinski definition) is 1. The van der Waals surface area contributed by atoms with Gasteiger partial charge in [0, 0.05) is 22.7 Å². The first-order valence-electron chi connectivity index (χ1n) is 8.25. The first kappa shape index (κ1) is 17.2. The van der Waals surface area contributed by atoms with Crippen molar-refractivity contribution in [3.8, 4) is 5.69 Å². The zero-order valence-corrected chi connectivity index (χ0v) is 15.1. The highest BCUT2D eigenvalue weighted by atomic mass is 32.1. The molecular formula is C20H21N3OS. The Kier molecular flexibility index (Phi) is 5.46. The molecule has 2 heterocycles. The Bertz CT molecular complexity index is 835. The van der Waals surface area contributed by atoms with Gasteiger partial charge in [0.2, 0.25) is 5.91 Å². The molecule has 3 rings (SSSR count). The normalized spacial score (nSPS) is 12.6. The van der Waals surface area contributed by atoms with Crippen molar-refractivity contribution in [2.75, 3.05) is 0 Å². The fraction of sp³-hybridized carbons (Fsp3) is 0.200. The molecule has 0 spiro atoms. The highest BCUT2D eigenvalue weighted by Crippen LogP contribution is 2.25. The predicted molar refractivity (Wildman–Crippen MR) is 103 cm³/mol. The van der Waals surface area contributed by atoms with Gasteiger partial charge >= 0.3 is 0 Å². The quantitative estimate of drug-likeness (QED) is 0.667. The Labute approximate surface area is 151 Å². The summed E-state index contributed by atoms with van der Waals surface area (Å²) in [6.45, 7) is 4.22. The minimum Gasteiger partial charge on any atom is -0.345 e. The highest BCUT2D eigenvalue weighted by molar-refractivity contribution is 7.10. The third-order valence-electron chi connectivity index (χ3n) is 3.86. The molecule has 1 N–H and O–H groups in total. The fourth-order valence-corrected chi connectivity index (χ4v) is 3.50. The molecule has 3 aromatic rings. The second-order valence-electron chi connectivity index (χ2n) is 6.13. The van der Waals surface area contributed by atoms with E-state index in [0.29, 0.717) is 5.92 Å². The van der Waals surface area contributed by atoms with Gasteiger partial charge in [0.15, 0.2) is 0 Å². The number of thiophene rings is 1. The molecular weight excluding hydrogens is 330 g/mol. The number of carbonyl (C=O) groups excluding carboxylic acids is 1. The Morgan fingerprint density at radius 2 is 2.00 bits per heavy atom. The van der Waals surface area contributed by atoms with Gasteiger partial charge in [-0.25, -0.2) is 4.68 Å². The Balaban J connectivity index is 1.65. The number of aromatic nitrogens is 2. The fourth-order valence-electron chi connectivity index (χ4n) is 2.55. The predicted octanol–water partition coefficient (Wildman–Crippen LogP) is 4.46. The zero-order valence-electron chi connectivity index (χ0n) is 14.3. The van der Waals surface area contributed by atoms with Crippen molar-refractivity contribution in [3.05, 3.63) is 76.8 Å². The lowest BCUT2D eigenvalue weighted by Gasteiger charge is -2.20. The molecule has 1 amide bonds. The highest BCUT2D eigenvalue weighted by Gasteiger charge is 2.18. The summed E-state index contributed by atoms with van der Waals surface area (Å²) in [7, 11) is 0. The van der Waals surface area contributed by atoms with Crippen LogP contribution in [0.25, 0.3) is 11.8 Å². The van der Waals surface area contributed by atoms with E-state index in [1.807, 2.05) is 48.0 Å². The lowest BCUT2D eigenvalue weighted by molar-refractivity contribution is -0.117. The summed E-state index contributed by atoms with van der Waals surface area (Å²) in [6.07, 6.45) is 7.00. The zero-order chi connectivity index (χ0) is 17.6. The van der Waals surface area contributed by atoms with Crippen LogP contribution in [-0.4, -0.2) is 15.7 Å². The van der Waals surface area contributed by atoms with Gasteiger partial charge in [-0.05, 0) is 35.6 Å². The number of carbonyl (C=O) groups is 1. The molecule has 5 heteroatoms. The SMILES string of the molecule is CC(C)[C@H](NC(=O)/C=C/c1cnn(-c2ccccc2)c1)c1cccs1. The van der Waals surface area contributed by atoms with Crippen LogP contribution in [0.1, 0.15) is 30.3 Å². The summed E-state index contributed by atoms with van der Waals surface area (Å²) in [4.78, 5) is 13.5. The first-order valence-corrected chi connectivity index (χ1v) is 9.13. The molecule has 4 nitrogen and oxygen atoms in total. The van der Waals surface area contributed by atoms with Gasteiger partial charge in [-0.1, -0.05) is 38.1 Å². The van der Waals surface area contributed by atoms with Gasteiger partial charge in [0.1, 0.15) is 0 Å². The van der Waals surface area contributed by atoms with Crippen LogP contribution in [0.2, 0.25) is 0 Å². The number of nitrogens with one attached hydrogen (secondary N) is 1.